The van der Waals surface area contributed by atoms with Crippen molar-refractivity contribution >= 4 is 23.2 Å². The first-order chi connectivity index (χ1) is 10.0. The Hall–Kier alpha value is -1.47. The molecule has 0 aromatic carbocycles. The Morgan fingerprint density at radius 2 is 2.33 bits per heavy atom. The van der Waals surface area contributed by atoms with Crippen LogP contribution in [0.2, 0.25) is 0 Å². The third-order valence-corrected chi connectivity index (χ3v) is 4.51. The summed E-state index contributed by atoms with van der Waals surface area (Å²) in [4.78, 5) is 29.2. The quantitative estimate of drug-likeness (QED) is 0.860. The fourth-order valence-electron chi connectivity index (χ4n) is 2.57. The van der Waals surface area contributed by atoms with Gasteiger partial charge in [-0.25, -0.2) is 9.78 Å². The van der Waals surface area contributed by atoms with Crippen LogP contribution in [0.1, 0.15) is 30.0 Å². The van der Waals surface area contributed by atoms with Crippen LogP contribution in [0.25, 0.3) is 0 Å². The molecule has 1 aliphatic rings. The maximum absolute atomic E-state index is 12.2. The van der Waals surface area contributed by atoms with E-state index in [1.807, 2.05) is 12.3 Å². The molecule has 2 unspecified atom stereocenters. The highest BCUT2D eigenvalue weighted by molar-refractivity contribution is 7.09. The number of nitrogens with zero attached hydrogens (tertiary/aromatic N) is 2. The minimum atomic E-state index is -0.960. The van der Waals surface area contributed by atoms with Crippen molar-refractivity contribution in [1.82, 2.24) is 9.88 Å². The molecule has 21 heavy (non-hydrogen) atoms. The number of aryl methyl sites for hydroxylation is 2. The predicted octanol–water partition coefficient (Wildman–Crippen LogP) is 1.47. The zero-order chi connectivity index (χ0) is 15.4. The van der Waals surface area contributed by atoms with Gasteiger partial charge in [0.2, 0.25) is 5.91 Å². The normalized spacial score (nSPS) is 21.7. The molecule has 7 heteroatoms. The fourth-order valence-corrected chi connectivity index (χ4v) is 3.21. The zero-order valence-electron chi connectivity index (χ0n) is 12.2. The molecule has 1 aromatic rings. The van der Waals surface area contributed by atoms with E-state index >= 15 is 0 Å². The lowest BCUT2D eigenvalue weighted by molar-refractivity contribution is -0.148. The number of rotatable bonds is 6. The lowest BCUT2D eigenvalue weighted by Crippen LogP contribution is -2.40. The zero-order valence-corrected chi connectivity index (χ0v) is 13.1. The van der Waals surface area contributed by atoms with E-state index in [0.29, 0.717) is 25.8 Å². The van der Waals surface area contributed by atoms with Gasteiger partial charge in [-0.3, -0.25) is 4.79 Å². The Bertz CT molecular complexity index is 517. The summed E-state index contributed by atoms with van der Waals surface area (Å²) in [6, 6.07) is -0.760. The number of carbonyl (C=O) groups excluding carboxylic acids is 1. The van der Waals surface area contributed by atoms with Gasteiger partial charge in [-0.15, -0.1) is 11.3 Å². The molecule has 0 aliphatic carbocycles. The second-order valence-corrected chi connectivity index (χ2v) is 6.27. The van der Waals surface area contributed by atoms with E-state index in [-0.39, 0.29) is 12.0 Å². The molecule has 116 valence electrons. The number of carboxylic acids is 1. The van der Waals surface area contributed by atoms with E-state index in [0.717, 1.165) is 17.1 Å². The van der Waals surface area contributed by atoms with Gasteiger partial charge in [0.1, 0.15) is 6.04 Å². The summed E-state index contributed by atoms with van der Waals surface area (Å²) < 4.78 is 5.18. The molecule has 0 spiro atoms. The Labute approximate surface area is 127 Å². The fraction of sp³-hybridized carbons (Fsp3) is 0.643. The second-order valence-electron chi connectivity index (χ2n) is 5.20. The van der Waals surface area contributed by atoms with Gasteiger partial charge in [0.25, 0.3) is 0 Å². The number of carbonyl (C=O) groups is 2. The topological polar surface area (TPSA) is 79.7 Å². The maximum Gasteiger partial charge on any atom is 0.326 e. The molecule has 6 nitrogen and oxygen atoms in total. The third kappa shape index (κ3) is 4.01. The Morgan fingerprint density at radius 3 is 2.90 bits per heavy atom. The van der Waals surface area contributed by atoms with Gasteiger partial charge in [-0.1, -0.05) is 0 Å². The Morgan fingerprint density at radius 1 is 1.57 bits per heavy atom. The van der Waals surface area contributed by atoms with Gasteiger partial charge in [-0.2, -0.15) is 0 Å². The molecular formula is C14H20N2O4S. The monoisotopic (exact) mass is 312 g/mol. The van der Waals surface area contributed by atoms with E-state index in [9.17, 15) is 14.7 Å². The molecule has 0 saturated carbocycles. The van der Waals surface area contributed by atoms with E-state index in [4.69, 9.17) is 4.74 Å². The number of thiazole rings is 1. The van der Waals surface area contributed by atoms with Crippen LogP contribution in [0.3, 0.4) is 0 Å². The first-order valence-electron chi connectivity index (χ1n) is 6.97. The standard InChI is InChI=1S/C14H20N2O4S/c1-9-15-10(8-21-9)4-3-5-13(17)16-7-11(20-2)6-12(16)14(18)19/h8,11-12H,3-7H2,1-2H3,(H,18,19). The molecule has 2 rings (SSSR count). The van der Waals surface area contributed by atoms with Gasteiger partial charge in [0, 0.05) is 31.9 Å². The third-order valence-electron chi connectivity index (χ3n) is 3.69. The van der Waals surface area contributed by atoms with Crippen LogP contribution >= 0.6 is 11.3 Å². The molecule has 0 bridgehead atoms. The summed E-state index contributed by atoms with van der Waals surface area (Å²) >= 11 is 1.60. The van der Waals surface area contributed by atoms with Crippen molar-refractivity contribution < 1.29 is 19.4 Å². The number of methoxy groups -OCH3 is 1. The lowest BCUT2D eigenvalue weighted by Gasteiger charge is -2.21. The molecule has 1 N–H and O–H groups in total. The molecular weight excluding hydrogens is 292 g/mol. The van der Waals surface area contributed by atoms with Crippen LogP contribution in [-0.4, -0.2) is 52.7 Å². The van der Waals surface area contributed by atoms with Gasteiger partial charge < -0.3 is 14.7 Å². The van der Waals surface area contributed by atoms with Gasteiger partial charge >= 0.3 is 5.97 Å². The number of amides is 1. The molecule has 1 saturated heterocycles. The Kier molecular flexibility index (Phi) is 5.30. The highest BCUT2D eigenvalue weighted by Crippen LogP contribution is 2.22. The summed E-state index contributed by atoms with van der Waals surface area (Å²) in [5.41, 5.74) is 0.997. The average molecular weight is 312 g/mol. The molecule has 1 fully saturated rings. The van der Waals surface area contributed by atoms with E-state index in [2.05, 4.69) is 4.98 Å². The van der Waals surface area contributed by atoms with Crippen LogP contribution in [-0.2, 0) is 20.7 Å². The summed E-state index contributed by atoms with van der Waals surface area (Å²) in [7, 11) is 1.54. The number of aromatic nitrogens is 1. The number of hydrogen-bond acceptors (Lipinski definition) is 5. The van der Waals surface area contributed by atoms with Gasteiger partial charge in [0.15, 0.2) is 0 Å². The predicted molar refractivity (Wildman–Crippen MR) is 78.3 cm³/mol. The van der Waals surface area contributed by atoms with E-state index < -0.39 is 12.0 Å². The minimum Gasteiger partial charge on any atom is -0.480 e. The lowest BCUT2D eigenvalue weighted by atomic mass is 10.1. The SMILES string of the molecule is COC1CC(C(=O)O)N(C(=O)CCCc2csc(C)n2)C1. The summed E-state index contributed by atoms with van der Waals surface area (Å²) in [6.45, 7) is 2.31. The largest absolute Gasteiger partial charge is 0.480 e. The molecule has 2 heterocycles. The first-order valence-corrected chi connectivity index (χ1v) is 7.85. The van der Waals surface area contributed by atoms with Crippen molar-refractivity contribution in [2.24, 2.45) is 0 Å². The number of carboxylic acid groups (broad SMARTS) is 1. The van der Waals surface area contributed by atoms with Crippen molar-refractivity contribution in [2.75, 3.05) is 13.7 Å². The smallest absolute Gasteiger partial charge is 0.326 e. The molecule has 1 aliphatic heterocycles. The van der Waals surface area contributed by atoms with Gasteiger partial charge in [-0.05, 0) is 19.8 Å². The van der Waals surface area contributed by atoms with Crippen LogP contribution in [0, 0.1) is 6.92 Å². The van der Waals surface area contributed by atoms with Crippen molar-refractivity contribution in [2.45, 2.75) is 44.8 Å². The molecule has 1 amide bonds. The maximum atomic E-state index is 12.2. The molecule has 2 atom stereocenters. The average Bonchev–Trinajstić information content (AvgIpc) is 3.04. The molecule has 1 aromatic heterocycles. The van der Waals surface area contributed by atoms with Crippen molar-refractivity contribution in [1.29, 1.82) is 0 Å². The van der Waals surface area contributed by atoms with Crippen molar-refractivity contribution in [3.8, 4) is 0 Å². The number of likely N-dealkylation sites (tertiary alicyclic amines) is 1. The van der Waals surface area contributed by atoms with E-state index in [1.54, 1.807) is 18.4 Å². The van der Waals surface area contributed by atoms with E-state index in [1.165, 1.54) is 4.90 Å². The summed E-state index contributed by atoms with van der Waals surface area (Å²) in [6.07, 6.45) is 1.95. The van der Waals surface area contributed by atoms with Crippen LogP contribution in [0.4, 0.5) is 0 Å². The number of aliphatic carboxylic acids is 1. The summed E-state index contributed by atoms with van der Waals surface area (Å²) in [5.74, 6) is -1.08. The van der Waals surface area contributed by atoms with Crippen molar-refractivity contribution in [3.63, 3.8) is 0 Å². The highest BCUT2D eigenvalue weighted by Gasteiger charge is 2.39. The minimum absolute atomic E-state index is 0.117. The Balaban J connectivity index is 1.85. The highest BCUT2D eigenvalue weighted by atomic mass is 32.1. The van der Waals surface area contributed by atoms with Crippen LogP contribution in [0.15, 0.2) is 5.38 Å². The second kappa shape index (κ2) is 7.00. The number of ether oxygens (including phenoxy) is 1. The number of hydrogen-bond donors (Lipinski definition) is 1. The van der Waals surface area contributed by atoms with Gasteiger partial charge in [0.05, 0.1) is 16.8 Å². The first kappa shape index (κ1) is 15.9. The summed E-state index contributed by atoms with van der Waals surface area (Å²) in [5, 5.41) is 12.2. The van der Waals surface area contributed by atoms with Crippen LogP contribution in [0.5, 0.6) is 0 Å². The van der Waals surface area contributed by atoms with Crippen LogP contribution < -0.4 is 0 Å². The molecule has 0 radical (unpaired) electrons. The van der Waals surface area contributed by atoms with Crippen molar-refractivity contribution in [3.05, 3.63) is 16.1 Å².